The molecule has 0 amide bonds. The van der Waals surface area contributed by atoms with Crippen LogP contribution in [-0.4, -0.2) is 24.1 Å². The molecular formula is C8H12ClN3S. The van der Waals surface area contributed by atoms with Crippen molar-refractivity contribution in [3.8, 4) is 0 Å². The second-order valence-corrected chi connectivity index (χ2v) is 4.85. The second-order valence-electron chi connectivity index (χ2n) is 3.15. The predicted molar refractivity (Wildman–Crippen MR) is 55.2 cm³/mol. The van der Waals surface area contributed by atoms with E-state index in [1.807, 2.05) is 6.20 Å². The molecule has 3 nitrogen and oxygen atoms in total. The summed E-state index contributed by atoms with van der Waals surface area (Å²) in [4.78, 5) is 5.20. The molecule has 0 spiro atoms. The van der Waals surface area contributed by atoms with Gasteiger partial charge in [-0.05, 0) is 13.0 Å². The van der Waals surface area contributed by atoms with Crippen molar-refractivity contribution in [1.29, 1.82) is 0 Å². The first-order chi connectivity index (χ1) is 6.34. The summed E-state index contributed by atoms with van der Waals surface area (Å²) in [6.45, 7) is 3.09. The molecule has 1 aromatic heterocycles. The zero-order valence-electron chi connectivity index (χ0n) is 7.22. The Morgan fingerprint density at radius 3 is 3.31 bits per heavy atom. The zero-order chi connectivity index (χ0) is 9.10. The number of rotatable bonds is 3. The summed E-state index contributed by atoms with van der Waals surface area (Å²) in [5, 5.41) is 6.77. The lowest BCUT2D eigenvalue weighted by Gasteiger charge is -2.08. The van der Waals surface area contributed by atoms with Gasteiger partial charge in [0.15, 0.2) is 4.47 Å². The SMILES string of the molecule is Clc1ncc(CN[C@H]2CCNC2)s1. The van der Waals surface area contributed by atoms with Crippen LogP contribution in [0.2, 0.25) is 4.47 Å². The van der Waals surface area contributed by atoms with E-state index in [1.54, 1.807) is 11.3 Å². The molecule has 0 radical (unpaired) electrons. The smallest absolute Gasteiger partial charge is 0.183 e. The highest BCUT2D eigenvalue weighted by Crippen LogP contribution is 2.17. The van der Waals surface area contributed by atoms with Gasteiger partial charge in [0.25, 0.3) is 0 Å². The molecule has 1 saturated heterocycles. The summed E-state index contributed by atoms with van der Waals surface area (Å²) in [5.74, 6) is 0. The van der Waals surface area contributed by atoms with E-state index in [1.165, 1.54) is 11.3 Å². The van der Waals surface area contributed by atoms with Gasteiger partial charge in [0.05, 0.1) is 0 Å². The summed E-state index contributed by atoms with van der Waals surface area (Å²) in [6, 6.07) is 0.612. The Morgan fingerprint density at radius 2 is 2.69 bits per heavy atom. The Labute approximate surface area is 86.5 Å². The molecule has 0 aromatic carbocycles. The van der Waals surface area contributed by atoms with Crippen molar-refractivity contribution in [3.05, 3.63) is 15.5 Å². The Bertz CT molecular complexity index is 270. The van der Waals surface area contributed by atoms with E-state index < -0.39 is 0 Å². The largest absolute Gasteiger partial charge is 0.315 e. The Balaban J connectivity index is 1.78. The highest BCUT2D eigenvalue weighted by molar-refractivity contribution is 7.15. The summed E-state index contributed by atoms with van der Waals surface area (Å²) in [7, 11) is 0. The van der Waals surface area contributed by atoms with Crippen LogP contribution >= 0.6 is 22.9 Å². The van der Waals surface area contributed by atoms with Gasteiger partial charge < -0.3 is 10.6 Å². The number of thiazole rings is 1. The molecule has 5 heteroatoms. The van der Waals surface area contributed by atoms with E-state index in [4.69, 9.17) is 11.6 Å². The highest BCUT2D eigenvalue weighted by Gasteiger charge is 2.13. The molecule has 0 saturated carbocycles. The number of nitrogens with one attached hydrogen (secondary N) is 2. The molecule has 1 fully saturated rings. The molecule has 1 aliphatic heterocycles. The number of hydrogen-bond acceptors (Lipinski definition) is 4. The standard InChI is InChI=1S/C8H12ClN3S/c9-8-12-5-7(13-8)4-11-6-1-2-10-3-6/h5-6,10-11H,1-4H2/t6-/m0/s1. The number of halogens is 1. The Morgan fingerprint density at radius 1 is 1.77 bits per heavy atom. The van der Waals surface area contributed by atoms with Crippen molar-refractivity contribution < 1.29 is 0 Å². The van der Waals surface area contributed by atoms with Crippen LogP contribution in [0.3, 0.4) is 0 Å². The van der Waals surface area contributed by atoms with Crippen LogP contribution in [-0.2, 0) is 6.54 Å². The summed E-state index contributed by atoms with van der Waals surface area (Å²) >= 11 is 7.27. The fraction of sp³-hybridized carbons (Fsp3) is 0.625. The molecule has 0 bridgehead atoms. The molecule has 2 heterocycles. The molecule has 1 atom stereocenters. The quantitative estimate of drug-likeness (QED) is 0.800. The summed E-state index contributed by atoms with van der Waals surface area (Å²) in [5.41, 5.74) is 0. The highest BCUT2D eigenvalue weighted by atomic mass is 35.5. The van der Waals surface area contributed by atoms with Crippen molar-refractivity contribution >= 4 is 22.9 Å². The van der Waals surface area contributed by atoms with Gasteiger partial charge >= 0.3 is 0 Å². The predicted octanol–water partition coefficient (Wildman–Crippen LogP) is 1.25. The van der Waals surface area contributed by atoms with E-state index in [0.717, 1.165) is 19.6 Å². The van der Waals surface area contributed by atoms with Gasteiger partial charge in [-0.2, -0.15) is 0 Å². The molecule has 1 aliphatic rings. The van der Waals surface area contributed by atoms with E-state index in [-0.39, 0.29) is 0 Å². The first-order valence-corrected chi connectivity index (χ1v) is 5.58. The first-order valence-electron chi connectivity index (χ1n) is 4.39. The maximum atomic E-state index is 5.72. The van der Waals surface area contributed by atoms with Crippen molar-refractivity contribution in [1.82, 2.24) is 15.6 Å². The third-order valence-electron chi connectivity index (χ3n) is 2.15. The van der Waals surface area contributed by atoms with Crippen molar-refractivity contribution in [2.75, 3.05) is 13.1 Å². The van der Waals surface area contributed by atoms with Crippen molar-refractivity contribution in [3.63, 3.8) is 0 Å². The molecule has 13 heavy (non-hydrogen) atoms. The minimum absolute atomic E-state index is 0.612. The number of hydrogen-bond donors (Lipinski definition) is 2. The average Bonchev–Trinajstić information content (AvgIpc) is 2.71. The lowest BCUT2D eigenvalue weighted by atomic mass is 10.2. The van der Waals surface area contributed by atoms with Gasteiger partial charge in [-0.3, -0.25) is 0 Å². The molecular weight excluding hydrogens is 206 g/mol. The van der Waals surface area contributed by atoms with Crippen LogP contribution in [0.1, 0.15) is 11.3 Å². The topological polar surface area (TPSA) is 37.0 Å². The van der Waals surface area contributed by atoms with Crippen molar-refractivity contribution in [2.45, 2.75) is 19.0 Å². The molecule has 1 aromatic rings. The van der Waals surface area contributed by atoms with Crippen LogP contribution in [0.5, 0.6) is 0 Å². The third-order valence-corrected chi connectivity index (χ3v) is 3.27. The van der Waals surface area contributed by atoms with Crippen molar-refractivity contribution in [2.24, 2.45) is 0 Å². The van der Waals surface area contributed by atoms with Crippen LogP contribution in [0, 0.1) is 0 Å². The van der Waals surface area contributed by atoms with E-state index in [2.05, 4.69) is 15.6 Å². The van der Waals surface area contributed by atoms with Gasteiger partial charge in [-0.25, -0.2) is 4.98 Å². The lowest BCUT2D eigenvalue weighted by molar-refractivity contribution is 0.550. The van der Waals surface area contributed by atoms with Crippen LogP contribution in [0.4, 0.5) is 0 Å². The monoisotopic (exact) mass is 217 g/mol. The Hall–Kier alpha value is -0.160. The normalized spacial score (nSPS) is 22.4. The maximum absolute atomic E-state index is 5.72. The molecule has 0 aliphatic carbocycles. The van der Waals surface area contributed by atoms with Crippen LogP contribution < -0.4 is 10.6 Å². The third kappa shape index (κ3) is 2.64. The molecule has 2 rings (SSSR count). The number of nitrogens with zero attached hydrogens (tertiary/aromatic N) is 1. The van der Waals surface area contributed by atoms with Gasteiger partial charge in [0, 0.05) is 30.2 Å². The summed E-state index contributed by atoms with van der Waals surface area (Å²) in [6.07, 6.45) is 3.05. The van der Waals surface area contributed by atoms with E-state index in [0.29, 0.717) is 10.5 Å². The fourth-order valence-electron chi connectivity index (χ4n) is 1.44. The fourth-order valence-corrected chi connectivity index (χ4v) is 2.37. The Kier molecular flexibility index (Phi) is 3.16. The van der Waals surface area contributed by atoms with E-state index in [9.17, 15) is 0 Å². The van der Waals surface area contributed by atoms with Gasteiger partial charge in [-0.15, -0.1) is 11.3 Å². The van der Waals surface area contributed by atoms with E-state index >= 15 is 0 Å². The minimum atomic E-state index is 0.612. The lowest BCUT2D eigenvalue weighted by Crippen LogP contribution is -2.30. The van der Waals surface area contributed by atoms with Crippen LogP contribution in [0.15, 0.2) is 6.20 Å². The van der Waals surface area contributed by atoms with Gasteiger partial charge in [-0.1, -0.05) is 11.6 Å². The summed E-state index contributed by atoms with van der Waals surface area (Å²) < 4.78 is 0.626. The average molecular weight is 218 g/mol. The maximum Gasteiger partial charge on any atom is 0.183 e. The number of aromatic nitrogens is 1. The molecule has 72 valence electrons. The molecule has 0 unspecified atom stereocenters. The zero-order valence-corrected chi connectivity index (χ0v) is 8.79. The second kappa shape index (κ2) is 4.37. The molecule has 2 N–H and O–H groups in total. The van der Waals surface area contributed by atoms with Gasteiger partial charge in [0.2, 0.25) is 0 Å². The first kappa shape index (κ1) is 9.40. The van der Waals surface area contributed by atoms with Gasteiger partial charge in [0.1, 0.15) is 0 Å². The minimum Gasteiger partial charge on any atom is -0.315 e. The van der Waals surface area contributed by atoms with Crippen LogP contribution in [0.25, 0.3) is 0 Å².